The molecule has 1 heterocycles. The maximum absolute atomic E-state index is 12.9. The Morgan fingerprint density at radius 1 is 1.07 bits per heavy atom. The third kappa shape index (κ3) is 4.92. The van der Waals surface area contributed by atoms with Crippen LogP contribution in [0.2, 0.25) is 0 Å². The van der Waals surface area contributed by atoms with Gasteiger partial charge in [0.15, 0.2) is 5.78 Å². The average Bonchev–Trinajstić information content (AvgIpc) is 3.05. The minimum absolute atomic E-state index is 0.0752. The summed E-state index contributed by atoms with van der Waals surface area (Å²) in [6.45, 7) is 6.85. The average molecular weight is 446 g/mol. The number of carbonyl (C=O) groups is 2. The van der Waals surface area contributed by atoms with Crippen molar-refractivity contribution < 1.29 is 18.0 Å². The van der Waals surface area contributed by atoms with Crippen LogP contribution < -0.4 is 10.0 Å². The fraction of sp³-hybridized carbons (Fsp3) is 0.286. The predicted octanol–water partition coefficient (Wildman–Crippen LogP) is 3.75. The number of carbonyl (C=O) groups excluding carboxylic acids is 2. The molecular formula is C21H23N3O4S2. The van der Waals surface area contributed by atoms with Gasteiger partial charge in [-0.25, -0.2) is 13.4 Å². The number of hydrogen-bond donors (Lipinski definition) is 2. The fourth-order valence-electron chi connectivity index (χ4n) is 2.92. The quantitative estimate of drug-likeness (QED) is 0.539. The summed E-state index contributed by atoms with van der Waals surface area (Å²) in [6, 6.07) is 10.2. The Kier molecular flexibility index (Phi) is 6.35. The van der Waals surface area contributed by atoms with Crippen molar-refractivity contribution in [2.45, 2.75) is 38.6 Å². The lowest BCUT2D eigenvalue weighted by Crippen LogP contribution is -2.47. The zero-order valence-electron chi connectivity index (χ0n) is 17.1. The molecule has 3 aromatic rings. The minimum Gasteiger partial charge on any atom is -0.325 e. The van der Waals surface area contributed by atoms with E-state index in [1.54, 1.807) is 50.2 Å². The van der Waals surface area contributed by atoms with Gasteiger partial charge < -0.3 is 5.32 Å². The number of nitrogens with zero attached hydrogens (tertiary/aromatic N) is 1. The van der Waals surface area contributed by atoms with E-state index in [0.717, 1.165) is 15.2 Å². The topological polar surface area (TPSA) is 105 Å². The number of thiazole rings is 1. The van der Waals surface area contributed by atoms with Gasteiger partial charge >= 0.3 is 0 Å². The maximum atomic E-state index is 12.9. The number of aryl methyl sites for hydroxylation is 1. The summed E-state index contributed by atoms with van der Waals surface area (Å²) < 4.78 is 29.1. The number of ketones is 1. The number of Topliss-reactive ketones (excluding diaryl/α,β-unsaturated/α-hetero) is 1. The zero-order valence-corrected chi connectivity index (χ0v) is 18.7. The first-order valence-electron chi connectivity index (χ1n) is 9.38. The summed E-state index contributed by atoms with van der Waals surface area (Å²) in [5, 5.41) is 3.56. The highest BCUT2D eigenvalue weighted by Crippen LogP contribution is 2.25. The van der Waals surface area contributed by atoms with E-state index in [1.807, 2.05) is 6.92 Å². The lowest BCUT2D eigenvalue weighted by Gasteiger charge is -2.21. The number of nitrogens with one attached hydrogen (secondary N) is 2. The van der Waals surface area contributed by atoms with E-state index >= 15 is 0 Å². The van der Waals surface area contributed by atoms with Crippen molar-refractivity contribution >= 4 is 49.0 Å². The van der Waals surface area contributed by atoms with Crippen LogP contribution in [0.5, 0.6) is 0 Å². The van der Waals surface area contributed by atoms with Crippen LogP contribution in [0.4, 0.5) is 5.69 Å². The molecule has 3 rings (SSSR count). The van der Waals surface area contributed by atoms with E-state index in [9.17, 15) is 18.0 Å². The Balaban J connectivity index is 1.80. The number of fused-ring (bicyclic) bond motifs is 1. The Morgan fingerprint density at radius 3 is 2.33 bits per heavy atom. The SMILES string of the molecule is CC(=O)c1ccc(NC(=O)[C@@H](NS(=O)(=O)c2ccc3nc(C)sc3c2)C(C)C)cc1. The van der Waals surface area contributed by atoms with Gasteiger partial charge in [-0.2, -0.15) is 4.72 Å². The number of aromatic nitrogens is 1. The molecule has 9 heteroatoms. The second kappa shape index (κ2) is 8.63. The van der Waals surface area contributed by atoms with Gasteiger partial charge in [-0.15, -0.1) is 11.3 Å². The van der Waals surface area contributed by atoms with E-state index in [2.05, 4.69) is 15.0 Å². The molecule has 0 fully saturated rings. The highest BCUT2D eigenvalue weighted by Gasteiger charge is 2.28. The summed E-state index contributed by atoms with van der Waals surface area (Å²) in [5.74, 6) is -0.835. The third-order valence-electron chi connectivity index (χ3n) is 4.57. The van der Waals surface area contributed by atoms with Crippen molar-refractivity contribution in [2.24, 2.45) is 5.92 Å². The van der Waals surface area contributed by atoms with E-state index in [0.29, 0.717) is 11.3 Å². The number of benzene rings is 2. The minimum atomic E-state index is -3.92. The lowest BCUT2D eigenvalue weighted by atomic mass is 10.0. The molecule has 158 valence electrons. The van der Waals surface area contributed by atoms with Crippen LogP contribution in [0.15, 0.2) is 47.4 Å². The first-order chi connectivity index (χ1) is 14.1. The normalized spacial score (nSPS) is 12.8. The molecule has 0 saturated carbocycles. The largest absolute Gasteiger partial charge is 0.325 e. The summed E-state index contributed by atoms with van der Waals surface area (Å²) >= 11 is 1.41. The summed E-state index contributed by atoms with van der Waals surface area (Å²) in [7, 11) is -3.92. The maximum Gasteiger partial charge on any atom is 0.242 e. The molecule has 2 N–H and O–H groups in total. The number of amides is 1. The monoisotopic (exact) mass is 445 g/mol. The van der Waals surface area contributed by atoms with Crippen LogP contribution in [0.25, 0.3) is 10.2 Å². The molecule has 0 aliphatic carbocycles. The lowest BCUT2D eigenvalue weighted by molar-refractivity contribution is -0.118. The van der Waals surface area contributed by atoms with Gasteiger partial charge in [-0.3, -0.25) is 9.59 Å². The number of hydrogen-bond acceptors (Lipinski definition) is 6. The van der Waals surface area contributed by atoms with Crippen molar-refractivity contribution in [3.05, 3.63) is 53.0 Å². The highest BCUT2D eigenvalue weighted by molar-refractivity contribution is 7.89. The molecule has 2 aromatic carbocycles. The predicted molar refractivity (Wildman–Crippen MR) is 118 cm³/mol. The van der Waals surface area contributed by atoms with E-state index < -0.39 is 22.0 Å². The van der Waals surface area contributed by atoms with E-state index in [4.69, 9.17) is 0 Å². The van der Waals surface area contributed by atoms with Gasteiger partial charge in [0.2, 0.25) is 15.9 Å². The van der Waals surface area contributed by atoms with Crippen molar-refractivity contribution in [1.82, 2.24) is 9.71 Å². The number of sulfonamides is 1. The Labute approximate surface area is 179 Å². The van der Waals surface area contributed by atoms with E-state index in [-0.39, 0.29) is 16.6 Å². The first kappa shape index (κ1) is 22.1. The number of rotatable bonds is 7. The number of anilines is 1. The van der Waals surface area contributed by atoms with Crippen LogP contribution in [-0.4, -0.2) is 31.1 Å². The van der Waals surface area contributed by atoms with Crippen molar-refractivity contribution in [3.63, 3.8) is 0 Å². The van der Waals surface area contributed by atoms with Crippen molar-refractivity contribution in [3.8, 4) is 0 Å². The first-order valence-corrected chi connectivity index (χ1v) is 11.7. The molecular weight excluding hydrogens is 422 g/mol. The smallest absolute Gasteiger partial charge is 0.242 e. The summed E-state index contributed by atoms with van der Waals surface area (Å²) in [6.07, 6.45) is 0. The van der Waals surface area contributed by atoms with E-state index in [1.165, 1.54) is 24.3 Å². The summed E-state index contributed by atoms with van der Waals surface area (Å²) in [4.78, 5) is 28.6. The zero-order chi connectivity index (χ0) is 22.1. The fourth-order valence-corrected chi connectivity index (χ4v) is 5.23. The molecule has 0 spiro atoms. The molecule has 30 heavy (non-hydrogen) atoms. The Hall–Kier alpha value is -2.62. The van der Waals surface area contributed by atoms with Gasteiger partial charge in [0.25, 0.3) is 0 Å². The van der Waals surface area contributed by atoms with Crippen LogP contribution in [0.1, 0.15) is 36.1 Å². The molecule has 0 radical (unpaired) electrons. The molecule has 0 saturated heterocycles. The second-order valence-electron chi connectivity index (χ2n) is 7.33. The van der Waals surface area contributed by atoms with Gasteiger partial charge in [0, 0.05) is 11.3 Å². The van der Waals surface area contributed by atoms with Crippen molar-refractivity contribution in [1.29, 1.82) is 0 Å². The van der Waals surface area contributed by atoms with Crippen molar-refractivity contribution in [2.75, 3.05) is 5.32 Å². The van der Waals surface area contributed by atoms with Gasteiger partial charge in [0.1, 0.15) is 6.04 Å². The molecule has 0 aliphatic heterocycles. The molecule has 1 aromatic heterocycles. The highest BCUT2D eigenvalue weighted by atomic mass is 32.2. The summed E-state index contributed by atoms with van der Waals surface area (Å²) in [5.41, 5.74) is 1.75. The van der Waals surface area contributed by atoms with Gasteiger partial charge in [-0.05, 0) is 62.2 Å². The molecule has 1 atom stereocenters. The second-order valence-corrected chi connectivity index (χ2v) is 10.3. The molecule has 7 nitrogen and oxygen atoms in total. The Bertz CT molecular complexity index is 1200. The Morgan fingerprint density at radius 2 is 1.73 bits per heavy atom. The van der Waals surface area contributed by atoms with Crippen LogP contribution in [0.3, 0.4) is 0 Å². The standard InChI is InChI=1S/C21H23N3O4S2/c1-12(2)20(21(26)23-16-7-5-15(6-8-16)13(3)25)24-30(27,28)17-9-10-18-19(11-17)29-14(4)22-18/h5-12,20,24H,1-4H3,(H,23,26)/t20-/m0/s1. The van der Waals surface area contributed by atoms with Crippen LogP contribution in [-0.2, 0) is 14.8 Å². The van der Waals surface area contributed by atoms with Gasteiger partial charge in [0.05, 0.1) is 20.1 Å². The van der Waals surface area contributed by atoms with Gasteiger partial charge in [-0.1, -0.05) is 13.8 Å². The van der Waals surface area contributed by atoms with Crippen LogP contribution >= 0.6 is 11.3 Å². The van der Waals surface area contributed by atoms with Crippen LogP contribution in [0, 0.1) is 12.8 Å². The third-order valence-corrected chi connectivity index (χ3v) is 6.94. The molecule has 1 amide bonds. The molecule has 0 aliphatic rings. The molecule has 0 unspecified atom stereocenters. The molecule has 0 bridgehead atoms.